The van der Waals surface area contributed by atoms with Gasteiger partial charge in [0.15, 0.2) is 0 Å². The Balaban J connectivity index is 1.70. The first-order chi connectivity index (χ1) is 13.5. The minimum absolute atomic E-state index is 0.0209. The van der Waals surface area contributed by atoms with E-state index in [2.05, 4.69) is 39.4 Å². The molecule has 3 rings (SSSR count). The van der Waals surface area contributed by atoms with Gasteiger partial charge in [0.2, 0.25) is 0 Å². The number of nitro groups is 1. The van der Waals surface area contributed by atoms with E-state index >= 15 is 0 Å². The Morgan fingerprint density at radius 2 is 1.71 bits per heavy atom. The Bertz CT molecular complexity index is 813. The molecular weight excluding hydrogens is 356 g/mol. The molecule has 1 heterocycles. The third-order valence-corrected chi connectivity index (χ3v) is 5.17. The van der Waals surface area contributed by atoms with Gasteiger partial charge in [-0.1, -0.05) is 12.1 Å². The Morgan fingerprint density at radius 3 is 2.25 bits per heavy atom. The third-order valence-electron chi connectivity index (χ3n) is 5.17. The molecule has 0 saturated carbocycles. The molecule has 0 aliphatic carbocycles. The molecule has 1 aliphatic rings. The monoisotopic (exact) mass is 382 g/mol. The number of rotatable bonds is 7. The van der Waals surface area contributed by atoms with Crippen LogP contribution < -0.4 is 10.2 Å². The normalized spacial score (nSPS) is 15.2. The molecule has 7 nitrogen and oxygen atoms in total. The van der Waals surface area contributed by atoms with Crippen LogP contribution in [0.4, 0.5) is 11.4 Å². The summed E-state index contributed by atoms with van der Waals surface area (Å²) in [6.07, 6.45) is 2.34. The number of benzene rings is 2. The van der Waals surface area contributed by atoms with Crippen LogP contribution in [0.2, 0.25) is 0 Å². The number of likely N-dealkylation sites (tertiary alicyclic amines) is 1. The van der Waals surface area contributed by atoms with Gasteiger partial charge < -0.3 is 10.2 Å². The fourth-order valence-corrected chi connectivity index (χ4v) is 3.53. The van der Waals surface area contributed by atoms with Gasteiger partial charge in [-0.05, 0) is 55.8 Å². The van der Waals surface area contributed by atoms with E-state index in [4.69, 9.17) is 0 Å². The summed E-state index contributed by atoms with van der Waals surface area (Å²) in [6.45, 7) is 2.54. The molecule has 7 heteroatoms. The number of hydrogen-bond acceptors (Lipinski definition) is 5. The van der Waals surface area contributed by atoms with Crippen molar-refractivity contribution >= 4 is 17.3 Å². The molecule has 0 spiro atoms. The van der Waals surface area contributed by atoms with Crippen molar-refractivity contribution in [3.63, 3.8) is 0 Å². The smallest absolute Gasteiger partial charge is 0.269 e. The molecular formula is C21H26N4O3. The molecule has 1 amide bonds. The van der Waals surface area contributed by atoms with Gasteiger partial charge >= 0.3 is 0 Å². The van der Waals surface area contributed by atoms with Gasteiger partial charge in [0, 0.05) is 44.0 Å². The van der Waals surface area contributed by atoms with E-state index < -0.39 is 4.92 Å². The average Bonchev–Trinajstić information content (AvgIpc) is 3.23. The minimum Gasteiger partial charge on any atom is -0.378 e. The zero-order chi connectivity index (χ0) is 20.1. The minimum atomic E-state index is -0.470. The summed E-state index contributed by atoms with van der Waals surface area (Å²) in [4.78, 5) is 27.3. The molecule has 1 fully saturated rings. The standard InChI is InChI=1S/C21H26N4O3/c1-23(2)18-9-5-16(6-10-18)20(24-13-3-4-14-24)15-22-21(26)17-7-11-19(12-8-17)25(27)28/h5-12,20H,3-4,13-15H2,1-2H3,(H,22,26)/t20-/m0/s1. The second-order valence-electron chi connectivity index (χ2n) is 7.26. The molecule has 0 unspecified atom stereocenters. The summed E-state index contributed by atoms with van der Waals surface area (Å²) in [5.41, 5.74) is 2.72. The fourth-order valence-electron chi connectivity index (χ4n) is 3.53. The van der Waals surface area contributed by atoms with Gasteiger partial charge in [-0.2, -0.15) is 0 Å². The topological polar surface area (TPSA) is 78.7 Å². The molecule has 2 aromatic carbocycles. The summed E-state index contributed by atoms with van der Waals surface area (Å²) >= 11 is 0. The Labute approximate surface area is 165 Å². The first kappa shape index (κ1) is 19.8. The summed E-state index contributed by atoms with van der Waals surface area (Å²) in [7, 11) is 4.02. The lowest BCUT2D eigenvalue weighted by atomic mass is 10.0. The van der Waals surface area contributed by atoms with Crippen LogP contribution in [-0.2, 0) is 0 Å². The van der Waals surface area contributed by atoms with Crippen LogP contribution in [0.5, 0.6) is 0 Å². The highest BCUT2D eigenvalue weighted by molar-refractivity contribution is 5.94. The highest BCUT2D eigenvalue weighted by Gasteiger charge is 2.24. The number of carbonyl (C=O) groups is 1. The molecule has 2 aromatic rings. The van der Waals surface area contributed by atoms with Crippen molar-refractivity contribution in [2.45, 2.75) is 18.9 Å². The van der Waals surface area contributed by atoms with Crippen LogP contribution >= 0.6 is 0 Å². The van der Waals surface area contributed by atoms with Crippen molar-refractivity contribution in [2.24, 2.45) is 0 Å². The fraction of sp³-hybridized carbons (Fsp3) is 0.381. The van der Waals surface area contributed by atoms with E-state index in [-0.39, 0.29) is 17.6 Å². The number of amides is 1. The summed E-state index contributed by atoms with van der Waals surface area (Å²) in [6, 6.07) is 14.2. The van der Waals surface area contributed by atoms with Gasteiger partial charge in [-0.25, -0.2) is 0 Å². The molecule has 0 aromatic heterocycles. The molecule has 1 N–H and O–H groups in total. The lowest BCUT2D eigenvalue weighted by molar-refractivity contribution is -0.384. The van der Waals surface area contributed by atoms with Crippen molar-refractivity contribution < 1.29 is 9.72 Å². The van der Waals surface area contributed by atoms with Gasteiger partial charge in [-0.15, -0.1) is 0 Å². The molecule has 0 radical (unpaired) electrons. The Kier molecular flexibility index (Phi) is 6.26. The van der Waals surface area contributed by atoms with Crippen LogP contribution in [0.15, 0.2) is 48.5 Å². The van der Waals surface area contributed by atoms with Crippen molar-refractivity contribution in [2.75, 3.05) is 38.6 Å². The largest absolute Gasteiger partial charge is 0.378 e. The first-order valence-corrected chi connectivity index (χ1v) is 9.49. The highest BCUT2D eigenvalue weighted by Crippen LogP contribution is 2.26. The summed E-state index contributed by atoms with van der Waals surface area (Å²) in [5.74, 6) is -0.219. The number of nitro benzene ring substituents is 1. The summed E-state index contributed by atoms with van der Waals surface area (Å²) < 4.78 is 0. The zero-order valence-corrected chi connectivity index (χ0v) is 16.3. The number of nitrogens with one attached hydrogen (secondary N) is 1. The van der Waals surface area contributed by atoms with Crippen LogP contribution in [-0.4, -0.2) is 49.5 Å². The van der Waals surface area contributed by atoms with Gasteiger partial charge in [-0.3, -0.25) is 19.8 Å². The molecule has 0 bridgehead atoms. The maximum Gasteiger partial charge on any atom is 0.269 e. The van der Waals surface area contributed by atoms with E-state index in [1.165, 1.54) is 42.7 Å². The molecule has 1 saturated heterocycles. The van der Waals surface area contributed by atoms with E-state index in [1.807, 2.05) is 14.1 Å². The number of carbonyl (C=O) groups excluding carboxylic acids is 1. The van der Waals surface area contributed by atoms with Crippen LogP contribution in [0, 0.1) is 10.1 Å². The van der Waals surface area contributed by atoms with Gasteiger partial charge in [0.1, 0.15) is 0 Å². The third kappa shape index (κ3) is 4.67. The molecule has 1 atom stereocenters. The van der Waals surface area contributed by atoms with E-state index in [1.54, 1.807) is 0 Å². The quantitative estimate of drug-likeness (QED) is 0.588. The number of hydrogen-bond donors (Lipinski definition) is 1. The first-order valence-electron chi connectivity index (χ1n) is 9.49. The lowest BCUT2D eigenvalue weighted by Crippen LogP contribution is -2.36. The SMILES string of the molecule is CN(C)c1ccc([C@H](CNC(=O)c2ccc([N+](=O)[O-])cc2)N2CCCC2)cc1. The van der Waals surface area contributed by atoms with Crippen molar-refractivity contribution in [1.82, 2.24) is 10.2 Å². The van der Waals surface area contributed by atoms with Gasteiger partial charge in [0.25, 0.3) is 11.6 Å². The average molecular weight is 382 g/mol. The Hall–Kier alpha value is -2.93. The Morgan fingerprint density at radius 1 is 1.11 bits per heavy atom. The van der Waals surface area contributed by atoms with Crippen molar-refractivity contribution in [3.8, 4) is 0 Å². The second kappa shape index (κ2) is 8.84. The highest BCUT2D eigenvalue weighted by atomic mass is 16.6. The summed E-state index contributed by atoms with van der Waals surface area (Å²) in [5, 5.41) is 13.8. The van der Waals surface area contributed by atoms with Crippen LogP contribution in [0.1, 0.15) is 34.8 Å². The molecule has 148 valence electrons. The van der Waals surface area contributed by atoms with E-state index in [0.29, 0.717) is 12.1 Å². The van der Waals surface area contributed by atoms with Crippen LogP contribution in [0.3, 0.4) is 0 Å². The molecule has 1 aliphatic heterocycles. The van der Waals surface area contributed by atoms with Crippen molar-refractivity contribution in [3.05, 3.63) is 69.8 Å². The molecule has 28 heavy (non-hydrogen) atoms. The lowest BCUT2D eigenvalue weighted by Gasteiger charge is -2.28. The number of non-ortho nitro benzene ring substituents is 1. The second-order valence-corrected chi connectivity index (χ2v) is 7.26. The maximum absolute atomic E-state index is 12.5. The maximum atomic E-state index is 12.5. The number of anilines is 1. The van der Waals surface area contributed by atoms with E-state index in [0.717, 1.165) is 18.8 Å². The van der Waals surface area contributed by atoms with E-state index in [9.17, 15) is 14.9 Å². The van der Waals surface area contributed by atoms with Gasteiger partial charge in [0.05, 0.1) is 11.0 Å². The van der Waals surface area contributed by atoms with Crippen molar-refractivity contribution in [1.29, 1.82) is 0 Å². The predicted octanol–water partition coefficient (Wildman–Crippen LogP) is 3.23. The number of nitrogens with zero attached hydrogens (tertiary/aromatic N) is 3. The predicted molar refractivity (Wildman–Crippen MR) is 110 cm³/mol. The zero-order valence-electron chi connectivity index (χ0n) is 16.3. The van der Waals surface area contributed by atoms with Crippen LogP contribution in [0.25, 0.3) is 0 Å².